The Morgan fingerprint density at radius 3 is 1.46 bits per heavy atom. The van der Waals surface area contributed by atoms with Crippen LogP contribution in [0.15, 0.2) is 0 Å². The van der Waals surface area contributed by atoms with E-state index in [0.29, 0.717) is 0 Å². The third-order valence-corrected chi connectivity index (χ3v) is 11.4. The molecule has 0 aromatic rings. The third kappa shape index (κ3) is 3.96. The molecule has 0 saturated heterocycles. The van der Waals surface area contributed by atoms with Crippen molar-refractivity contribution in [3.8, 4) is 0 Å². The van der Waals surface area contributed by atoms with Crippen molar-refractivity contribution >= 4 is 17.4 Å². The van der Waals surface area contributed by atoms with E-state index in [1.54, 1.807) is 0 Å². The van der Waals surface area contributed by atoms with Crippen LogP contribution < -0.4 is 0 Å². The Morgan fingerprint density at radius 1 is 0.846 bits per heavy atom. The van der Waals surface area contributed by atoms with Crippen LogP contribution in [0.1, 0.15) is 34.6 Å². The van der Waals surface area contributed by atoms with Crippen LogP contribution in [0.25, 0.3) is 0 Å². The fourth-order valence-electron chi connectivity index (χ4n) is 1.67. The summed E-state index contributed by atoms with van der Waals surface area (Å²) in [6.45, 7) is 11.5. The highest BCUT2D eigenvalue weighted by Gasteiger charge is 2.31. The standard InChI is InChI=1S/C10H25OSi2/c1-6-12(7-2)11-13(8-3,9-4)10-5/h6-10H2,1-5H3. The van der Waals surface area contributed by atoms with E-state index in [-0.39, 0.29) is 0 Å². The van der Waals surface area contributed by atoms with E-state index in [0.717, 1.165) is 0 Å². The SMILES string of the molecule is CC[Si](CC)O[Si](CC)(CC)CC. The van der Waals surface area contributed by atoms with Gasteiger partial charge in [0.1, 0.15) is 0 Å². The van der Waals surface area contributed by atoms with Crippen LogP contribution in [-0.2, 0) is 4.12 Å². The first-order valence-corrected chi connectivity index (χ1v) is 10.1. The molecule has 0 aliphatic rings. The van der Waals surface area contributed by atoms with Crippen LogP contribution in [-0.4, -0.2) is 17.4 Å². The summed E-state index contributed by atoms with van der Waals surface area (Å²) in [5, 5.41) is 0. The molecule has 0 aliphatic carbocycles. The molecule has 0 atom stereocenters. The molecule has 0 bridgehead atoms. The quantitative estimate of drug-likeness (QED) is 0.585. The molecule has 0 N–H and O–H groups in total. The summed E-state index contributed by atoms with van der Waals surface area (Å²) in [6.07, 6.45) is 0. The molecule has 13 heavy (non-hydrogen) atoms. The summed E-state index contributed by atoms with van der Waals surface area (Å²) in [5.41, 5.74) is 0. The monoisotopic (exact) mass is 217 g/mol. The second-order valence-corrected chi connectivity index (χ2v) is 11.4. The third-order valence-electron chi connectivity index (χ3n) is 3.08. The highest BCUT2D eigenvalue weighted by atomic mass is 28.4. The lowest BCUT2D eigenvalue weighted by molar-refractivity contribution is 0.541. The first kappa shape index (κ1) is 13.4. The molecule has 1 radical (unpaired) electrons. The second kappa shape index (κ2) is 6.79. The van der Waals surface area contributed by atoms with Crippen molar-refractivity contribution in [2.24, 2.45) is 0 Å². The average molecular weight is 217 g/mol. The summed E-state index contributed by atoms with van der Waals surface area (Å²) < 4.78 is 6.42. The second-order valence-electron chi connectivity index (χ2n) is 3.59. The van der Waals surface area contributed by atoms with Crippen molar-refractivity contribution in [2.45, 2.75) is 64.8 Å². The number of rotatable bonds is 7. The lowest BCUT2D eigenvalue weighted by Gasteiger charge is -2.32. The Hall–Kier alpha value is 0.394. The van der Waals surface area contributed by atoms with Crippen LogP contribution in [0, 0.1) is 0 Å². The lowest BCUT2D eigenvalue weighted by atomic mass is 10.9. The zero-order chi connectivity index (χ0) is 10.3. The lowest BCUT2D eigenvalue weighted by Crippen LogP contribution is -2.41. The van der Waals surface area contributed by atoms with E-state index in [1.165, 1.54) is 30.2 Å². The number of hydrogen-bond acceptors (Lipinski definition) is 1. The normalized spacial score (nSPS) is 12.5. The van der Waals surface area contributed by atoms with Crippen molar-refractivity contribution in [3.05, 3.63) is 0 Å². The van der Waals surface area contributed by atoms with Gasteiger partial charge in [0.2, 0.25) is 0 Å². The molecule has 0 saturated carbocycles. The summed E-state index contributed by atoms with van der Waals surface area (Å²) >= 11 is 0. The van der Waals surface area contributed by atoms with Crippen molar-refractivity contribution in [1.82, 2.24) is 0 Å². The van der Waals surface area contributed by atoms with Crippen LogP contribution >= 0.6 is 0 Å². The number of hydrogen-bond donors (Lipinski definition) is 0. The van der Waals surface area contributed by atoms with Gasteiger partial charge in [-0.1, -0.05) is 34.6 Å². The average Bonchev–Trinajstić information content (AvgIpc) is 2.21. The van der Waals surface area contributed by atoms with Crippen LogP contribution in [0.4, 0.5) is 0 Å². The minimum Gasteiger partial charge on any atom is -0.455 e. The largest absolute Gasteiger partial charge is 0.455 e. The Balaban J connectivity index is 4.21. The summed E-state index contributed by atoms with van der Waals surface area (Å²) in [7, 11) is -1.73. The molecule has 0 aromatic heterocycles. The van der Waals surface area contributed by atoms with Gasteiger partial charge >= 0.3 is 0 Å². The van der Waals surface area contributed by atoms with Gasteiger partial charge in [-0.25, -0.2) is 0 Å². The zero-order valence-electron chi connectivity index (χ0n) is 9.94. The van der Waals surface area contributed by atoms with Crippen LogP contribution in [0.2, 0.25) is 30.2 Å². The van der Waals surface area contributed by atoms with Gasteiger partial charge in [-0.15, -0.1) is 0 Å². The highest BCUT2D eigenvalue weighted by Crippen LogP contribution is 2.24. The van der Waals surface area contributed by atoms with Crippen molar-refractivity contribution < 1.29 is 4.12 Å². The molecule has 79 valence electrons. The van der Waals surface area contributed by atoms with Crippen molar-refractivity contribution in [2.75, 3.05) is 0 Å². The van der Waals surface area contributed by atoms with Gasteiger partial charge in [0.15, 0.2) is 17.4 Å². The first-order valence-electron chi connectivity index (χ1n) is 5.71. The van der Waals surface area contributed by atoms with Gasteiger partial charge in [-0.3, -0.25) is 0 Å². The fourth-order valence-corrected chi connectivity index (χ4v) is 9.00. The maximum absolute atomic E-state index is 6.42. The Labute approximate surface area is 86.7 Å². The van der Waals surface area contributed by atoms with Crippen LogP contribution in [0.3, 0.4) is 0 Å². The zero-order valence-corrected chi connectivity index (χ0v) is 11.9. The topological polar surface area (TPSA) is 9.23 Å². The Kier molecular flexibility index (Phi) is 7.00. The van der Waals surface area contributed by atoms with Gasteiger partial charge in [0, 0.05) is 0 Å². The summed E-state index contributed by atoms with van der Waals surface area (Å²) in [6, 6.07) is 6.45. The molecule has 0 aromatic carbocycles. The first-order chi connectivity index (χ1) is 6.17. The molecular formula is C10H25OSi2. The molecular weight excluding hydrogens is 192 g/mol. The predicted molar refractivity (Wildman–Crippen MR) is 65.0 cm³/mol. The van der Waals surface area contributed by atoms with Gasteiger partial charge in [-0.05, 0) is 30.2 Å². The minimum absolute atomic E-state index is 0.454. The summed E-state index contributed by atoms with van der Waals surface area (Å²) in [5.74, 6) is 0. The molecule has 3 heteroatoms. The van der Waals surface area contributed by atoms with E-state index < -0.39 is 17.4 Å². The van der Waals surface area contributed by atoms with Gasteiger partial charge in [-0.2, -0.15) is 0 Å². The maximum atomic E-state index is 6.42. The van der Waals surface area contributed by atoms with Crippen molar-refractivity contribution in [1.29, 1.82) is 0 Å². The molecule has 0 heterocycles. The Morgan fingerprint density at radius 2 is 1.23 bits per heavy atom. The fraction of sp³-hybridized carbons (Fsp3) is 1.00. The van der Waals surface area contributed by atoms with Gasteiger partial charge < -0.3 is 4.12 Å². The molecule has 0 spiro atoms. The predicted octanol–water partition coefficient (Wildman–Crippen LogP) is 4.04. The van der Waals surface area contributed by atoms with Crippen molar-refractivity contribution in [3.63, 3.8) is 0 Å². The molecule has 1 nitrogen and oxygen atoms in total. The minimum atomic E-state index is -1.28. The Bertz CT molecular complexity index is 112. The smallest absolute Gasteiger partial charge is 0.197 e. The van der Waals surface area contributed by atoms with E-state index in [9.17, 15) is 0 Å². The van der Waals surface area contributed by atoms with E-state index in [1.807, 2.05) is 0 Å². The highest BCUT2D eigenvalue weighted by molar-refractivity contribution is 6.80. The van der Waals surface area contributed by atoms with Crippen LogP contribution in [0.5, 0.6) is 0 Å². The van der Waals surface area contributed by atoms with E-state index >= 15 is 0 Å². The van der Waals surface area contributed by atoms with E-state index in [2.05, 4.69) is 34.6 Å². The molecule has 0 unspecified atom stereocenters. The van der Waals surface area contributed by atoms with Gasteiger partial charge in [0.25, 0.3) is 0 Å². The molecule has 0 aliphatic heterocycles. The van der Waals surface area contributed by atoms with Gasteiger partial charge in [0.05, 0.1) is 0 Å². The molecule has 0 amide bonds. The van der Waals surface area contributed by atoms with E-state index in [4.69, 9.17) is 4.12 Å². The molecule has 0 fully saturated rings. The molecule has 0 rings (SSSR count). The maximum Gasteiger partial charge on any atom is 0.197 e. The summed E-state index contributed by atoms with van der Waals surface area (Å²) in [4.78, 5) is 0.